The van der Waals surface area contributed by atoms with Crippen LogP contribution < -0.4 is 9.46 Å². The number of benzene rings is 1. The van der Waals surface area contributed by atoms with Gasteiger partial charge in [0.25, 0.3) is 0 Å². The van der Waals surface area contributed by atoms with Crippen LogP contribution >= 0.6 is 11.6 Å². The van der Waals surface area contributed by atoms with E-state index >= 15 is 0 Å². The topological polar surface area (TPSA) is 58.6 Å². The standard InChI is InChI=1S/C14H21ClN2O3S/c1-21(18,19)16-13-3-2-8-17(11-13)9-10-20-14-6-4-12(15)5-7-14/h4-7,13,16H,2-3,8-11H2,1H3/t13-/m0/s1. The maximum absolute atomic E-state index is 11.3. The Morgan fingerprint density at radius 3 is 2.76 bits per heavy atom. The van der Waals surface area contributed by atoms with E-state index in [2.05, 4.69) is 9.62 Å². The van der Waals surface area contributed by atoms with Crippen LogP contribution in [0.4, 0.5) is 0 Å². The molecule has 1 N–H and O–H groups in total. The van der Waals surface area contributed by atoms with E-state index in [1.54, 1.807) is 12.1 Å². The van der Waals surface area contributed by atoms with E-state index in [4.69, 9.17) is 16.3 Å². The van der Waals surface area contributed by atoms with Crippen LogP contribution in [-0.2, 0) is 10.0 Å². The molecule has 1 aromatic carbocycles. The quantitative estimate of drug-likeness (QED) is 0.862. The Hall–Kier alpha value is -0.820. The van der Waals surface area contributed by atoms with Gasteiger partial charge in [-0.25, -0.2) is 13.1 Å². The Kier molecular flexibility index (Phi) is 5.87. The number of nitrogens with zero attached hydrogens (tertiary/aromatic N) is 1. The molecule has 0 radical (unpaired) electrons. The Bertz CT molecular complexity index is 548. The van der Waals surface area contributed by atoms with E-state index in [0.29, 0.717) is 11.6 Å². The fourth-order valence-electron chi connectivity index (χ4n) is 2.48. The van der Waals surface area contributed by atoms with Crippen molar-refractivity contribution in [3.63, 3.8) is 0 Å². The highest BCUT2D eigenvalue weighted by Crippen LogP contribution is 2.16. The number of hydrogen-bond donors (Lipinski definition) is 1. The minimum Gasteiger partial charge on any atom is -0.492 e. The summed E-state index contributed by atoms with van der Waals surface area (Å²) < 4.78 is 30.9. The van der Waals surface area contributed by atoms with E-state index in [9.17, 15) is 8.42 Å². The van der Waals surface area contributed by atoms with Crippen LogP contribution in [0.5, 0.6) is 5.75 Å². The van der Waals surface area contributed by atoms with Gasteiger partial charge in [-0.2, -0.15) is 0 Å². The molecule has 0 aliphatic carbocycles. The average Bonchev–Trinajstić information content (AvgIpc) is 2.39. The molecule has 1 aliphatic heterocycles. The molecule has 1 saturated heterocycles. The summed E-state index contributed by atoms with van der Waals surface area (Å²) in [5, 5.41) is 0.688. The largest absolute Gasteiger partial charge is 0.492 e. The predicted octanol–water partition coefficient (Wildman–Crippen LogP) is 1.73. The van der Waals surface area contributed by atoms with Crippen LogP contribution in [0.2, 0.25) is 5.02 Å². The Morgan fingerprint density at radius 2 is 2.10 bits per heavy atom. The zero-order valence-corrected chi connectivity index (χ0v) is 13.7. The Labute approximate surface area is 131 Å². The van der Waals surface area contributed by atoms with Gasteiger partial charge in [0.05, 0.1) is 6.26 Å². The van der Waals surface area contributed by atoms with Gasteiger partial charge >= 0.3 is 0 Å². The number of rotatable bonds is 6. The maximum atomic E-state index is 11.3. The van der Waals surface area contributed by atoms with Crippen molar-refractivity contribution in [3.05, 3.63) is 29.3 Å². The van der Waals surface area contributed by atoms with Gasteiger partial charge in [-0.05, 0) is 43.7 Å². The molecule has 118 valence electrons. The van der Waals surface area contributed by atoms with E-state index < -0.39 is 10.0 Å². The fraction of sp³-hybridized carbons (Fsp3) is 0.571. The van der Waals surface area contributed by atoms with Gasteiger partial charge in [0.2, 0.25) is 10.0 Å². The van der Waals surface area contributed by atoms with Crippen LogP contribution in [0, 0.1) is 0 Å². The fourth-order valence-corrected chi connectivity index (χ4v) is 3.40. The van der Waals surface area contributed by atoms with Crippen LogP contribution in [0.25, 0.3) is 0 Å². The highest BCUT2D eigenvalue weighted by Gasteiger charge is 2.21. The molecule has 1 aromatic rings. The first kappa shape index (κ1) is 16.5. The summed E-state index contributed by atoms with van der Waals surface area (Å²) in [6, 6.07) is 7.27. The third-order valence-electron chi connectivity index (χ3n) is 3.38. The zero-order valence-electron chi connectivity index (χ0n) is 12.1. The monoisotopic (exact) mass is 332 g/mol. The average molecular weight is 333 g/mol. The number of halogens is 1. The molecule has 7 heteroatoms. The first-order chi connectivity index (χ1) is 9.92. The Morgan fingerprint density at radius 1 is 1.38 bits per heavy atom. The van der Waals surface area contributed by atoms with Crippen LogP contribution in [-0.4, -0.2) is 51.9 Å². The lowest BCUT2D eigenvalue weighted by Gasteiger charge is -2.32. The second-order valence-corrected chi connectivity index (χ2v) is 7.55. The molecule has 1 aliphatic rings. The second kappa shape index (κ2) is 7.45. The van der Waals surface area contributed by atoms with Crippen molar-refractivity contribution < 1.29 is 13.2 Å². The summed E-state index contributed by atoms with van der Waals surface area (Å²) in [5.74, 6) is 0.794. The number of likely N-dealkylation sites (tertiary alicyclic amines) is 1. The molecule has 21 heavy (non-hydrogen) atoms. The molecule has 0 spiro atoms. The summed E-state index contributed by atoms with van der Waals surface area (Å²) in [4.78, 5) is 2.22. The van der Waals surface area contributed by atoms with E-state index in [1.807, 2.05) is 12.1 Å². The van der Waals surface area contributed by atoms with Crippen LogP contribution in [0.15, 0.2) is 24.3 Å². The minimum atomic E-state index is -3.14. The van der Waals surface area contributed by atoms with E-state index in [-0.39, 0.29) is 6.04 Å². The van der Waals surface area contributed by atoms with Crippen molar-refractivity contribution in [1.82, 2.24) is 9.62 Å². The van der Waals surface area contributed by atoms with Gasteiger partial charge in [-0.3, -0.25) is 4.90 Å². The first-order valence-electron chi connectivity index (χ1n) is 7.00. The van der Waals surface area contributed by atoms with Crippen molar-refractivity contribution in [1.29, 1.82) is 0 Å². The van der Waals surface area contributed by atoms with Gasteiger partial charge in [0.1, 0.15) is 12.4 Å². The molecule has 5 nitrogen and oxygen atoms in total. The van der Waals surface area contributed by atoms with Crippen molar-refractivity contribution in [2.45, 2.75) is 18.9 Å². The van der Waals surface area contributed by atoms with Gasteiger partial charge in [0.15, 0.2) is 0 Å². The third kappa shape index (κ3) is 6.22. The highest BCUT2D eigenvalue weighted by atomic mass is 35.5. The summed E-state index contributed by atoms with van der Waals surface area (Å²) in [5.41, 5.74) is 0. The number of ether oxygens (including phenoxy) is 1. The van der Waals surface area contributed by atoms with Crippen molar-refractivity contribution in [2.75, 3.05) is 32.5 Å². The molecule has 1 fully saturated rings. The molecule has 2 rings (SSSR count). The number of sulfonamides is 1. The smallest absolute Gasteiger partial charge is 0.208 e. The molecule has 0 amide bonds. The second-order valence-electron chi connectivity index (χ2n) is 5.33. The van der Waals surface area contributed by atoms with E-state index in [1.165, 1.54) is 6.26 Å². The van der Waals surface area contributed by atoms with Gasteiger partial charge < -0.3 is 4.74 Å². The molecule has 1 heterocycles. The van der Waals surface area contributed by atoms with Crippen molar-refractivity contribution in [3.8, 4) is 5.75 Å². The molecule has 0 unspecified atom stereocenters. The number of nitrogens with one attached hydrogen (secondary N) is 1. The lowest BCUT2D eigenvalue weighted by Crippen LogP contribution is -2.48. The lowest BCUT2D eigenvalue weighted by molar-refractivity contribution is 0.166. The summed E-state index contributed by atoms with van der Waals surface area (Å²) in [6.07, 6.45) is 3.09. The highest BCUT2D eigenvalue weighted by molar-refractivity contribution is 7.88. The van der Waals surface area contributed by atoms with E-state index in [0.717, 1.165) is 38.2 Å². The zero-order chi connectivity index (χ0) is 15.3. The van der Waals surface area contributed by atoms with Crippen LogP contribution in [0.3, 0.4) is 0 Å². The number of hydrogen-bond acceptors (Lipinski definition) is 4. The Balaban J connectivity index is 1.74. The first-order valence-corrected chi connectivity index (χ1v) is 9.27. The maximum Gasteiger partial charge on any atom is 0.208 e. The summed E-state index contributed by atoms with van der Waals surface area (Å²) >= 11 is 5.82. The molecule has 0 bridgehead atoms. The predicted molar refractivity (Wildman–Crippen MR) is 84.4 cm³/mol. The summed E-state index contributed by atoms with van der Waals surface area (Å²) in [7, 11) is -3.14. The molecule has 0 aromatic heterocycles. The minimum absolute atomic E-state index is 0.00396. The third-order valence-corrected chi connectivity index (χ3v) is 4.39. The number of piperidine rings is 1. The van der Waals surface area contributed by atoms with Crippen molar-refractivity contribution in [2.24, 2.45) is 0 Å². The SMILES string of the molecule is CS(=O)(=O)N[C@H]1CCCN(CCOc2ccc(Cl)cc2)C1. The van der Waals surface area contributed by atoms with Gasteiger partial charge in [-0.15, -0.1) is 0 Å². The van der Waals surface area contributed by atoms with Gasteiger partial charge in [0, 0.05) is 24.2 Å². The molecule has 1 atom stereocenters. The lowest BCUT2D eigenvalue weighted by atomic mass is 10.1. The molecule has 0 saturated carbocycles. The van der Waals surface area contributed by atoms with Gasteiger partial charge in [-0.1, -0.05) is 11.6 Å². The summed E-state index contributed by atoms with van der Waals surface area (Å²) in [6.45, 7) is 3.07. The molecular weight excluding hydrogens is 312 g/mol. The normalized spacial score (nSPS) is 20.4. The van der Waals surface area contributed by atoms with Crippen molar-refractivity contribution >= 4 is 21.6 Å². The molecular formula is C14H21ClN2O3S. The van der Waals surface area contributed by atoms with Crippen LogP contribution in [0.1, 0.15) is 12.8 Å².